The van der Waals surface area contributed by atoms with Gasteiger partial charge in [0, 0.05) is 4.90 Å². The summed E-state index contributed by atoms with van der Waals surface area (Å²) in [5, 5.41) is 10.4. The molecule has 0 saturated heterocycles. The van der Waals surface area contributed by atoms with Gasteiger partial charge in [-0.2, -0.15) is 0 Å². The number of rotatable bonds is 3. The number of pyridine rings is 1. The largest absolute Gasteiger partial charge is 0.478 e. The van der Waals surface area contributed by atoms with Gasteiger partial charge in [-0.3, -0.25) is 0 Å². The van der Waals surface area contributed by atoms with Crippen LogP contribution in [0.4, 0.5) is 0 Å². The van der Waals surface area contributed by atoms with E-state index < -0.39 is 5.97 Å². The fraction of sp³-hybridized carbons (Fsp3) is 0. The summed E-state index contributed by atoms with van der Waals surface area (Å²) in [5.41, 5.74) is 0.0857. The topological polar surface area (TPSA) is 50.2 Å². The molecule has 0 saturated carbocycles. The number of halogens is 3. The Morgan fingerprint density at radius 2 is 1.84 bits per heavy atom. The van der Waals surface area contributed by atoms with Crippen LogP contribution in [-0.4, -0.2) is 16.1 Å². The molecule has 98 valence electrons. The van der Waals surface area contributed by atoms with Crippen molar-refractivity contribution in [2.24, 2.45) is 0 Å². The SMILES string of the molecule is O=C(O)c1cc(Cl)nc(Sc2ccc(Cl)c(Cl)c2)c1. The van der Waals surface area contributed by atoms with Gasteiger partial charge in [-0.05, 0) is 30.3 Å². The van der Waals surface area contributed by atoms with E-state index in [1.807, 2.05) is 0 Å². The molecule has 1 N–H and O–H groups in total. The number of carboxylic acid groups (broad SMARTS) is 1. The maximum Gasteiger partial charge on any atom is 0.335 e. The van der Waals surface area contributed by atoms with Crippen molar-refractivity contribution >= 4 is 52.5 Å². The van der Waals surface area contributed by atoms with Crippen LogP contribution in [0, 0.1) is 0 Å². The molecule has 2 rings (SSSR count). The van der Waals surface area contributed by atoms with Crippen LogP contribution in [0.1, 0.15) is 10.4 Å². The van der Waals surface area contributed by atoms with Crippen molar-refractivity contribution in [3.05, 3.63) is 51.1 Å². The average molecular weight is 335 g/mol. The van der Waals surface area contributed by atoms with Gasteiger partial charge in [-0.15, -0.1) is 0 Å². The van der Waals surface area contributed by atoms with E-state index in [1.165, 1.54) is 23.9 Å². The highest BCUT2D eigenvalue weighted by Gasteiger charge is 2.09. The molecule has 0 amide bonds. The molecule has 3 nitrogen and oxygen atoms in total. The zero-order valence-corrected chi connectivity index (χ0v) is 12.3. The normalized spacial score (nSPS) is 10.5. The lowest BCUT2D eigenvalue weighted by molar-refractivity contribution is 0.0696. The number of benzene rings is 1. The molecule has 19 heavy (non-hydrogen) atoms. The molecule has 0 fully saturated rings. The number of aromatic nitrogens is 1. The van der Waals surface area contributed by atoms with Gasteiger partial charge in [0.1, 0.15) is 10.2 Å². The fourth-order valence-corrected chi connectivity index (χ4v) is 2.82. The first-order valence-corrected chi connectivity index (χ1v) is 6.94. The van der Waals surface area contributed by atoms with Crippen molar-refractivity contribution < 1.29 is 9.90 Å². The zero-order valence-electron chi connectivity index (χ0n) is 9.23. The van der Waals surface area contributed by atoms with E-state index in [2.05, 4.69) is 4.98 Å². The van der Waals surface area contributed by atoms with Gasteiger partial charge < -0.3 is 5.11 Å². The van der Waals surface area contributed by atoms with Crippen molar-refractivity contribution in [3.63, 3.8) is 0 Å². The summed E-state index contributed by atoms with van der Waals surface area (Å²) in [6.45, 7) is 0. The van der Waals surface area contributed by atoms with E-state index in [1.54, 1.807) is 18.2 Å². The zero-order chi connectivity index (χ0) is 14.0. The Kier molecular flexibility index (Phi) is 4.58. The molecule has 0 aliphatic rings. The maximum atomic E-state index is 10.9. The van der Waals surface area contributed by atoms with Crippen LogP contribution >= 0.6 is 46.6 Å². The van der Waals surface area contributed by atoms with Gasteiger partial charge in [0.15, 0.2) is 0 Å². The van der Waals surface area contributed by atoms with E-state index >= 15 is 0 Å². The molecule has 0 unspecified atom stereocenters. The molecule has 0 bridgehead atoms. The second kappa shape index (κ2) is 6.01. The Labute approximate surface area is 128 Å². The Balaban J connectivity index is 2.32. The number of aromatic carboxylic acids is 1. The lowest BCUT2D eigenvalue weighted by Crippen LogP contribution is -1.97. The molecule has 0 radical (unpaired) electrons. The van der Waals surface area contributed by atoms with Crippen molar-refractivity contribution in [1.29, 1.82) is 0 Å². The van der Waals surface area contributed by atoms with Crippen LogP contribution in [0.25, 0.3) is 0 Å². The summed E-state index contributed by atoms with van der Waals surface area (Å²) in [5.74, 6) is -1.06. The number of hydrogen-bond donors (Lipinski definition) is 1. The predicted octanol–water partition coefficient (Wildman–Crippen LogP) is 4.89. The van der Waals surface area contributed by atoms with Crippen molar-refractivity contribution in [1.82, 2.24) is 4.98 Å². The van der Waals surface area contributed by atoms with Gasteiger partial charge in [0.25, 0.3) is 0 Å². The third-order valence-electron chi connectivity index (χ3n) is 2.13. The molecule has 1 heterocycles. The van der Waals surface area contributed by atoms with Crippen LogP contribution in [0.15, 0.2) is 40.3 Å². The summed E-state index contributed by atoms with van der Waals surface area (Å²) in [4.78, 5) is 15.8. The smallest absolute Gasteiger partial charge is 0.335 e. The number of hydrogen-bond acceptors (Lipinski definition) is 3. The first kappa shape index (κ1) is 14.5. The van der Waals surface area contributed by atoms with Crippen LogP contribution in [0.5, 0.6) is 0 Å². The van der Waals surface area contributed by atoms with Crippen LogP contribution in [-0.2, 0) is 0 Å². The third-order valence-corrected chi connectivity index (χ3v) is 3.97. The molecule has 0 aliphatic heterocycles. The van der Waals surface area contributed by atoms with Crippen LogP contribution in [0.2, 0.25) is 15.2 Å². The van der Waals surface area contributed by atoms with Crippen molar-refractivity contribution in [2.75, 3.05) is 0 Å². The van der Waals surface area contributed by atoms with Gasteiger partial charge in [-0.25, -0.2) is 9.78 Å². The maximum absolute atomic E-state index is 10.9. The highest BCUT2D eigenvalue weighted by atomic mass is 35.5. The molecule has 0 aliphatic carbocycles. The second-order valence-corrected chi connectivity index (χ2v) is 5.80. The van der Waals surface area contributed by atoms with E-state index in [9.17, 15) is 4.79 Å². The molecular weight excluding hydrogens is 329 g/mol. The van der Waals surface area contributed by atoms with E-state index in [0.717, 1.165) is 4.90 Å². The fourth-order valence-electron chi connectivity index (χ4n) is 1.31. The van der Waals surface area contributed by atoms with Gasteiger partial charge >= 0.3 is 5.97 Å². The number of nitrogens with zero attached hydrogens (tertiary/aromatic N) is 1. The van der Waals surface area contributed by atoms with E-state index in [0.29, 0.717) is 15.1 Å². The Morgan fingerprint density at radius 1 is 1.11 bits per heavy atom. The summed E-state index contributed by atoms with van der Waals surface area (Å²) in [7, 11) is 0. The van der Waals surface area contributed by atoms with Crippen molar-refractivity contribution in [2.45, 2.75) is 9.92 Å². The minimum Gasteiger partial charge on any atom is -0.478 e. The van der Waals surface area contributed by atoms with Gasteiger partial charge in [0.05, 0.1) is 15.6 Å². The Hall–Kier alpha value is -0.940. The Bertz CT molecular complexity index is 649. The van der Waals surface area contributed by atoms with E-state index in [-0.39, 0.29) is 10.7 Å². The summed E-state index contributed by atoms with van der Waals surface area (Å²) >= 11 is 18.8. The van der Waals surface area contributed by atoms with Crippen molar-refractivity contribution in [3.8, 4) is 0 Å². The minimum absolute atomic E-state index is 0.0857. The molecule has 7 heteroatoms. The lowest BCUT2D eigenvalue weighted by atomic mass is 10.3. The summed E-state index contributed by atoms with van der Waals surface area (Å²) < 4.78 is 0. The van der Waals surface area contributed by atoms with Crippen LogP contribution < -0.4 is 0 Å². The molecule has 2 aromatic rings. The lowest BCUT2D eigenvalue weighted by Gasteiger charge is -2.04. The van der Waals surface area contributed by atoms with Gasteiger partial charge in [-0.1, -0.05) is 46.6 Å². The average Bonchev–Trinajstić information content (AvgIpc) is 2.33. The first-order chi connectivity index (χ1) is 8.95. The first-order valence-electron chi connectivity index (χ1n) is 4.99. The molecule has 0 spiro atoms. The third kappa shape index (κ3) is 3.76. The molecule has 0 atom stereocenters. The summed E-state index contributed by atoms with van der Waals surface area (Å²) in [6, 6.07) is 7.85. The molecule has 1 aromatic carbocycles. The van der Waals surface area contributed by atoms with E-state index in [4.69, 9.17) is 39.9 Å². The highest BCUT2D eigenvalue weighted by Crippen LogP contribution is 2.32. The van der Waals surface area contributed by atoms with Crippen LogP contribution in [0.3, 0.4) is 0 Å². The minimum atomic E-state index is -1.06. The summed E-state index contributed by atoms with van der Waals surface area (Å²) in [6.07, 6.45) is 0. The van der Waals surface area contributed by atoms with Gasteiger partial charge in [0.2, 0.25) is 0 Å². The second-order valence-electron chi connectivity index (χ2n) is 3.50. The number of carbonyl (C=O) groups is 1. The highest BCUT2D eigenvalue weighted by molar-refractivity contribution is 7.99. The Morgan fingerprint density at radius 3 is 2.47 bits per heavy atom. The monoisotopic (exact) mass is 333 g/mol. The quantitative estimate of drug-likeness (QED) is 0.812. The predicted molar refractivity (Wildman–Crippen MR) is 76.8 cm³/mol. The standard InChI is InChI=1S/C12H6Cl3NO2S/c13-8-2-1-7(5-9(8)14)19-11-4-6(12(17)18)3-10(15)16-11/h1-5H,(H,17,18). The molecular formula is C12H6Cl3NO2S. The number of carboxylic acids is 1. The molecule has 1 aromatic heterocycles.